The van der Waals surface area contributed by atoms with Crippen LogP contribution in [0, 0.1) is 0 Å². The summed E-state index contributed by atoms with van der Waals surface area (Å²) in [4.78, 5) is 11.3. The van der Waals surface area contributed by atoms with Crippen molar-refractivity contribution < 1.29 is 0 Å². The number of benzene rings is 4. The number of hydrogen-bond acceptors (Lipinski definition) is 4. The van der Waals surface area contributed by atoms with Crippen molar-refractivity contribution in [3.63, 3.8) is 0 Å². The number of anilines is 3. The summed E-state index contributed by atoms with van der Waals surface area (Å²) in [5, 5.41) is 5.09. The molecule has 0 spiro atoms. The van der Waals surface area contributed by atoms with Crippen LogP contribution in [0.25, 0.3) is 53.3 Å². The Bertz CT molecular complexity index is 1940. The lowest BCUT2D eigenvalue weighted by molar-refractivity contribution is 1.25. The summed E-state index contributed by atoms with van der Waals surface area (Å²) in [5.74, 6) is 0. The Morgan fingerprint density at radius 2 is 1.42 bits per heavy atom. The first-order valence-electron chi connectivity index (χ1n) is 12.0. The summed E-state index contributed by atoms with van der Waals surface area (Å²) in [6.45, 7) is 0. The Morgan fingerprint density at radius 3 is 2.31 bits per heavy atom. The third-order valence-electron chi connectivity index (χ3n) is 7.15. The highest BCUT2D eigenvalue weighted by Gasteiger charge is 2.28. The highest BCUT2D eigenvalue weighted by molar-refractivity contribution is 7.25. The monoisotopic (exact) mass is 477 g/mol. The molecule has 7 aromatic rings. The second kappa shape index (κ2) is 7.48. The summed E-state index contributed by atoms with van der Waals surface area (Å²) in [6.07, 6.45) is 5.60. The lowest BCUT2D eigenvalue weighted by atomic mass is 9.88. The summed E-state index contributed by atoms with van der Waals surface area (Å²) in [6, 6.07) is 34.9. The molecule has 0 N–H and O–H groups in total. The van der Waals surface area contributed by atoms with Crippen LogP contribution >= 0.6 is 11.3 Å². The predicted octanol–water partition coefficient (Wildman–Crippen LogP) is 9.11. The lowest BCUT2D eigenvalue weighted by Gasteiger charge is -2.34. The van der Waals surface area contributed by atoms with Crippen molar-refractivity contribution in [3.8, 4) is 22.4 Å². The number of rotatable bonds is 2. The van der Waals surface area contributed by atoms with Gasteiger partial charge in [-0.2, -0.15) is 0 Å². The molecule has 1 aliphatic rings. The molecule has 0 amide bonds. The molecule has 1 aliphatic heterocycles. The number of aromatic nitrogens is 2. The highest BCUT2D eigenvalue weighted by Crippen LogP contribution is 2.54. The van der Waals surface area contributed by atoms with Crippen molar-refractivity contribution >= 4 is 59.3 Å². The van der Waals surface area contributed by atoms with E-state index in [2.05, 4.69) is 106 Å². The van der Waals surface area contributed by atoms with Gasteiger partial charge in [-0.15, -0.1) is 11.3 Å². The van der Waals surface area contributed by atoms with Gasteiger partial charge in [0.25, 0.3) is 0 Å². The quantitative estimate of drug-likeness (QED) is 0.249. The lowest BCUT2D eigenvalue weighted by Crippen LogP contribution is -2.15. The van der Waals surface area contributed by atoms with E-state index in [-0.39, 0.29) is 0 Å². The van der Waals surface area contributed by atoms with Crippen molar-refractivity contribution in [2.75, 3.05) is 4.90 Å². The smallest absolute Gasteiger partial charge is 0.0708 e. The normalized spacial score (nSPS) is 12.4. The van der Waals surface area contributed by atoms with Crippen LogP contribution in [-0.4, -0.2) is 9.97 Å². The number of pyridine rings is 2. The van der Waals surface area contributed by atoms with Crippen LogP contribution in [0.2, 0.25) is 0 Å². The van der Waals surface area contributed by atoms with E-state index in [1.165, 1.54) is 53.4 Å². The topological polar surface area (TPSA) is 29.0 Å². The zero-order valence-electron chi connectivity index (χ0n) is 19.2. The Morgan fingerprint density at radius 1 is 0.556 bits per heavy atom. The molecule has 0 saturated heterocycles. The first-order valence-corrected chi connectivity index (χ1v) is 12.8. The second-order valence-corrected chi connectivity index (χ2v) is 10.2. The van der Waals surface area contributed by atoms with Gasteiger partial charge in [0.05, 0.1) is 17.1 Å². The average Bonchev–Trinajstić information content (AvgIpc) is 3.31. The predicted molar refractivity (Wildman–Crippen MR) is 152 cm³/mol. The molecule has 0 fully saturated rings. The second-order valence-electron chi connectivity index (χ2n) is 9.08. The third kappa shape index (κ3) is 2.73. The molecule has 0 aliphatic carbocycles. The van der Waals surface area contributed by atoms with Crippen LogP contribution in [-0.2, 0) is 0 Å². The molecule has 4 aromatic carbocycles. The molecule has 0 saturated carbocycles. The van der Waals surface area contributed by atoms with E-state index >= 15 is 0 Å². The molecule has 8 rings (SSSR count). The van der Waals surface area contributed by atoms with Crippen molar-refractivity contribution in [2.45, 2.75) is 0 Å². The maximum absolute atomic E-state index is 4.67. The fourth-order valence-corrected chi connectivity index (χ4v) is 6.73. The Labute approximate surface area is 211 Å². The first-order chi connectivity index (χ1) is 17.9. The summed E-state index contributed by atoms with van der Waals surface area (Å²) in [5.41, 5.74) is 8.13. The minimum atomic E-state index is 0.988. The van der Waals surface area contributed by atoms with Crippen molar-refractivity contribution in [1.29, 1.82) is 0 Å². The number of fused-ring (bicyclic) bond motifs is 5. The third-order valence-corrected chi connectivity index (χ3v) is 8.28. The van der Waals surface area contributed by atoms with Gasteiger partial charge < -0.3 is 4.90 Å². The fraction of sp³-hybridized carbons (Fsp3) is 0. The number of hydrogen-bond donors (Lipinski definition) is 0. The largest absolute Gasteiger partial charge is 0.309 e. The minimum absolute atomic E-state index is 0.988. The van der Waals surface area contributed by atoms with Gasteiger partial charge in [-0.25, -0.2) is 0 Å². The Kier molecular flexibility index (Phi) is 4.10. The van der Waals surface area contributed by atoms with Gasteiger partial charge in [0.15, 0.2) is 0 Å². The van der Waals surface area contributed by atoms with Gasteiger partial charge >= 0.3 is 0 Å². The van der Waals surface area contributed by atoms with Gasteiger partial charge in [0.2, 0.25) is 0 Å². The summed E-state index contributed by atoms with van der Waals surface area (Å²) >= 11 is 1.86. The number of thiophene rings is 1. The van der Waals surface area contributed by atoms with Crippen LogP contribution in [0.5, 0.6) is 0 Å². The minimum Gasteiger partial charge on any atom is -0.309 e. The molecular formula is C32H19N3S. The summed E-state index contributed by atoms with van der Waals surface area (Å²) in [7, 11) is 0. The molecule has 3 aromatic heterocycles. The van der Waals surface area contributed by atoms with E-state index < -0.39 is 0 Å². The van der Waals surface area contributed by atoms with Crippen molar-refractivity contribution in [1.82, 2.24) is 9.97 Å². The first kappa shape index (κ1) is 19.7. The maximum Gasteiger partial charge on any atom is 0.0708 e. The Hall–Kier alpha value is -4.54. The molecule has 0 radical (unpaired) electrons. The van der Waals surface area contributed by atoms with E-state index in [9.17, 15) is 0 Å². The Balaban J connectivity index is 1.52. The van der Waals surface area contributed by atoms with Crippen LogP contribution < -0.4 is 4.90 Å². The van der Waals surface area contributed by atoms with Crippen LogP contribution in [0.3, 0.4) is 0 Å². The highest BCUT2D eigenvalue weighted by atomic mass is 32.1. The van der Waals surface area contributed by atoms with Crippen LogP contribution in [0.1, 0.15) is 0 Å². The molecule has 3 nitrogen and oxygen atoms in total. The molecule has 4 heteroatoms. The summed E-state index contributed by atoms with van der Waals surface area (Å²) < 4.78 is 2.62. The molecular weight excluding hydrogens is 458 g/mol. The van der Waals surface area contributed by atoms with E-state index in [1.54, 1.807) is 0 Å². The molecule has 4 heterocycles. The zero-order chi connectivity index (χ0) is 23.6. The van der Waals surface area contributed by atoms with E-state index in [0.717, 1.165) is 16.9 Å². The maximum atomic E-state index is 4.67. The van der Waals surface area contributed by atoms with Crippen LogP contribution in [0.4, 0.5) is 17.1 Å². The molecule has 168 valence electrons. The van der Waals surface area contributed by atoms with Gasteiger partial charge in [0.1, 0.15) is 0 Å². The van der Waals surface area contributed by atoms with Crippen molar-refractivity contribution in [3.05, 3.63) is 116 Å². The van der Waals surface area contributed by atoms with Gasteiger partial charge in [-0.05, 0) is 59.5 Å². The van der Waals surface area contributed by atoms with Crippen molar-refractivity contribution in [2.24, 2.45) is 0 Å². The fourth-order valence-electron chi connectivity index (χ4n) is 5.61. The molecule has 0 bridgehead atoms. The van der Waals surface area contributed by atoms with Gasteiger partial charge in [-0.1, -0.05) is 48.5 Å². The SMILES string of the molecule is c1ccc(-c2ccc3c4c(cccc24)-c2cc4c(cc2N3c2ccncc2)sc2ccccc24)nc1. The zero-order valence-corrected chi connectivity index (χ0v) is 20.0. The van der Waals surface area contributed by atoms with E-state index in [4.69, 9.17) is 0 Å². The van der Waals surface area contributed by atoms with E-state index in [1.807, 2.05) is 36.0 Å². The van der Waals surface area contributed by atoms with Gasteiger partial charge in [0, 0.05) is 61.0 Å². The van der Waals surface area contributed by atoms with Gasteiger partial charge in [-0.3, -0.25) is 9.97 Å². The van der Waals surface area contributed by atoms with Crippen LogP contribution in [0.15, 0.2) is 116 Å². The number of nitrogens with zero attached hydrogens (tertiary/aromatic N) is 3. The molecule has 36 heavy (non-hydrogen) atoms. The molecule has 0 atom stereocenters. The van der Waals surface area contributed by atoms with E-state index in [0.29, 0.717) is 0 Å². The standard InChI is InChI=1S/C32H19N3S/c1-2-10-30-22(6-1)26-18-25-24-8-5-7-23-21(27-9-3-4-15-34-27)11-12-28(32(23)24)35(20-13-16-33-17-14-20)29(25)19-31(26)36-30/h1-19H. The molecule has 0 unspecified atom stereocenters. The average molecular weight is 478 g/mol.